The Labute approximate surface area is 229 Å². The van der Waals surface area contributed by atoms with E-state index in [0.29, 0.717) is 29.1 Å². The highest BCUT2D eigenvalue weighted by atomic mass is 32.3. The molecular formula is C25H27N3O6S4. The fraction of sp³-hybridized carbons (Fsp3) is 0.200. The third-order valence-electron chi connectivity index (χ3n) is 5.67. The fourth-order valence-corrected chi connectivity index (χ4v) is 10.3. The minimum atomic E-state index is -4.41. The van der Waals surface area contributed by atoms with Crippen LogP contribution in [0.5, 0.6) is 0 Å². The van der Waals surface area contributed by atoms with E-state index in [1.165, 1.54) is 24.3 Å². The molecule has 202 valence electrons. The summed E-state index contributed by atoms with van der Waals surface area (Å²) in [5.41, 5.74) is 5.26. The van der Waals surface area contributed by atoms with Crippen LogP contribution in [0, 0.1) is 0 Å². The molecule has 0 radical (unpaired) electrons. The van der Waals surface area contributed by atoms with Gasteiger partial charge in [-0.3, -0.25) is 0 Å². The van der Waals surface area contributed by atoms with Gasteiger partial charge in [0, 0.05) is 17.9 Å². The molecule has 9 nitrogen and oxygen atoms in total. The monoisotopic (exact) mass is 593 g/mol. The van der Waals surface area contributed by atoms with Crippen molar-refractivity contribution in [2.24, 2.45) is 0 Å². The average molecular weight is 594 g/mol. The normalized spacial score (nSPS) is 16.5. The first-order chi connectivity index (χ1) is 18.0. The lowest BCUT2D eigenvalue weighted by molar-refractivity contribution is -0.129. The maximum absolute atomic E-state index is 13.1. The van der Waals surface area contributed by atoms with Gasteiger partial charge in [0.2, 0.25) is 0 Å². The summed E-state index contributed by atoms with van der Waals surface area (Å²) < 4.78 is 55.1. The van der Waals surface area contributed by atoms with Gasteiger partial charge in [-0.15, -0.1) is 11.3 Å². The Bertz CT molecular complexity index is 1600. The lowest BCUT2D eigenvalue weighted by Crippen LogP contribution is -2.30. The van der Waals surface area contributed by atoms with E-state index in [1.54, 1.807) is 29.6 Å². The van der Waals surface area contributed by atoms with Gasteiger partial charge in [0.1, 0.15) is 9.07 Å². The van der Waals surface area contributed by atoms with Gasteiger partial charge in [-0.2, -0.15) is 4.41 Å². The molecular weight excluding hydrogens is 567 g/mol. The van der Waals surface area contributed by atoms with Crippen molar-refractivity contribution in [3.63, 3.8) is 0 Å². The number of hydrogen-bond acceptors (Lipinski definition) is 8. The third-order valence-corrected chi connectivity index (χ3v) is 12.9. The molecule has 1 aromatic heterocycles. The predicted molar refractivity (Wildman–Crippen MR) is 152 cm³/mol. The van der Waals surface area contributed by atoms with Crippen LogP contribution in [0.15, 0.2) is 87.4 Å². The molecule has 3 aromatic rings. The number of carbonyl (C=O) groups is 1. The number of aliphatic carboxylic acids is 1. The number of sulfonamides is 2. The molecule has 0 saturated heterocycles. The standard InChI is InChI=1S/C25H27N3O6S4/c1-3-4-15-28-26-18(2)24(25(29)30)36(28)17-19-11-13-20(14-12-19)21-8-5-6-9-22(21)37(31,32)27-38(33,34)23-10-7-16-35-23/h5-14,16,26-27H,2-4,15,17H2,1H3,(H,29,30). The molecule has 0 fully saturated rings. The van der Waals surface area contributed by atoms with E-state index in [-0.39, 0.29) is 14.0 Å². The molecule has 38 heavy (non-hydrogen) atoms. The van der Waals surface area contributed by atoms with Crippen LogP contribution in [0.4, 0.5) is 0 Å². The van der Waals surface area contributed by atoms with Crippen molar-refractivity contribution < 1.29 is 26.7 Å². The van der Waals surface area contributed by atoms with Crippen LogP contribution in [0.2, 0.25) is 0 Å². The van der Waals surface area contributed by atoms with E-state index in [0.717, 1.165) is 29.7 Å². The molecule has 2 aromatic carbocycles. The van der Waals surface area contributed by atoms with E-state index in [1.807, 2.05) is 20.7 Å². The van der Waals surface area contributed by atoms with Gasteiger partial charge in [-0.05, 0) is 35.1 Å². The smallest absolute Gasteiger partial charge is 0.344 e. The Kier molecular flexibility index (Phi) is 8.55. The molecule has 4 rings (SSSR count). The first-order valence-corrected chi connectivity index (χ1v) is 16.8. The second-order valence-electron chi connectivity index (χ2n) is 8.40. The van der Waals surface area contributed by atoms with Crippen LogP contribution >= 0.6 is 22.0 Å². The van der Waals surface area contributed by atoms with Crippen LogP contribution in [0.1, 0.15) is 25.3 Å². The summed E-state index contributed by atoms with van der Waals surface area (Å²) in [7, 11) is -9.41. The highest BCUT2D eigenvalue weighted by Gasteiger charge is 2.30. The number of thiophene rings is 1. The molecule has 2 heterocycles. The minimum absolute atomic E-state index is 0.0988. The summed E-state index contributed by atoms with van der Waals surface area (Å²) in [4.78, 5) is 12.0. The van der Waals surface area contributed by atoms with Crippen molar-refractivity contribution in [1.29, 1.82) is 0 Å². The molecule has 0 saturated carbocycles. The highest BCUT2D eigenvalue weighted by molar-refractivity contribution is 8.14. The first kappa shape index (κ1) is 28.2. The molecule has 1 aliphatic heterocycles. The van der Waals surface area contributed by atoms with Crippen LogP contribution in [0.25, 0.3) is 11.1 Å². The van der Waals surface area contributed by atoms with Crippen LogP contribution in [-0.2, 0) is 30.6 Å². The number of benzene rings is 2. The maximum Gasteiger partial charge on any atom is 0.344 e. The van der Waals surface area contributed by atoms with Crippen molar-refractivity contribution in [2.75, 3.05) is 6.54 Å². The molecule has 0 spiro atoms. The van der Waals surface area contributed by atoms with Gasteiger partial charge >= 0.3 is 5.97 Å². The fourth-order valence-electron chi connectivity index (χ4n) is 3.88. The zero-order valence-corrected chi connectivity index (χ0v) is 23.7. The number of hydrazine groups is 1. The van der Waals surface area contributed by atoms with Gasteiger partial charge < -0.3 is 10.5 Å². The second kappa shape index (κ2) is 11.5. The SMILES string of the molecule is C=C1NN(CCCC)S(Cc2ccc(-c3ccccc3S(=O)(=O)NS(=O)(=O)c3cccs3)cc2)=C1C(=O)O. The first-order valence-electron chi connectivity index (χ1n) is 11.6. The largest absolute Gasteiger partial charge is 0.477 e. The van der Waals surface area contributed by atoms with Gasteiger partial charge in [0.05, 0.1) is 10.6 Å². The zero-order chi connectivity index (χ0) is 27.5. The van der Waals surface area contributed by atoms with Crippen molar-refractivity contribution in [2.45, 2.75) is 34.6 Å². The molecule has 13 heteroatoms. The van der Waals surface area contributed by atoms with Gasteiger partial charge in [-0.25, -0.2) is 21.6 Å². The Hall–Kier alpha value is -2.81. The van der Waals surface area contributed by atoms with Crippen LogP contribution in [-0.4, -0.2) is 43.7 Å². The number of carboxylic acid groups (broad SMARTS) is 1. The average Bonchev–Trinajstić information content (AvgIpc) is 3.52. The van der Waals surface area contributed by atoms with Gasteiger partial charge in [-0.1, -0.05) is 83.3 Å². The van der Waals surface area contributed by atoms with Crippen LogP contribution < -0.4 is 9.55 Å². The van der Waals surface area contributed by atoms with E-state index in [4.69, 9.17) is 0 Å². The van der Waals surface area contributed by atoms with Crippen molar-refractivity contribution >= 4 is 52.9 Å². The lowest BCUT2D eigenvalue weighted by atomic mass is 10.0. The predicted octanol–water partition coefficient (Wildman–Crippen LogP) is 4.16. The summed E-state index contributed by atoms with van der Waals surface area (Å²) >= 11 is 0.921. The Morgan fingerprint density at radius 3 is 2.39 bits per heavy atom. The summed E-state index contributed by atoms with van der Waals surface area (Å²) in [5, 5.41) is 11.3. The number of nitrogens with one attached hydrogen (secondary N) is 2. The summed E-state index contributed by atoms with van der Waals surface area (Å²) in [6.07, 6.45) is 1.86. The van der Waals surface area contributed by atoms with E-state index in [9.17, 15) is 26.7 Å². The molecule has 0 aliphatic carbocycles. The summed E-state index contributed by atoms with van der Waals surface area (Å²) in [6.45, 7) is 6.61. The number of rotatable bonds is 11. The quantitative estimate of drug-likeness (QED) is 0.223. The van der Waals surface area contributed by atoms with Gasteiger partial charge in [0.15, 0.2) is 0 Å². The summed E-state index contributed by atoms with van der Waals surface area (Å²) in [6, 6.07) is 16.2. The van der Waals surface area contributed by atoms with E-state index >= 15 is 0 Å². The molecule has 3 N–H and O–H groups in total. The van der Waals surface area contributed by atoms with Crippen molar-refractivity contribution in [1.82, 2.24) is 14.0 Å². The summed E-state index contributed by atoms with van der Waals surface area (Å²) in [5.74, 6) is -0.566. The molecule has 1 atom stereocenters. The zero-order valence-electron chi connectivity index (χ0n) is 20.5. The van der Waals surface area contributed by atoms with Crippen molar-refractivity contribution in [3.8, 4) is 11.1 Å². The van der Waals surface area contributed by atoms with Gasteiger partial charge in [0.25, 0.3) is 20.0 Å². The van der Waals surface area contributed by atoms with Crippen molar-refractivity contribution in [3.05, 3.63) is 83.9 Å². The number of carboxylic acids is 1. The Morgan fingerprint density at radius 2 is 1.76 bits per heavy atom. The second-order valence-corrected chi connectivity index (χ2v) is 15.0. The maximum atomic E-state index is 13.1. The molecule has 0 bridgehead atoms. The minimum Gasteiger partial charge on any atom is -0.477 e. The van der Waals surface area contributed by atoms with E-state index < -0.39 is 36.7 Å². The highest BCUT2D eigenvalue weighted by Crippen LogP contribution is 2.34. The Balaban J connectivity index is 1.63. The molecule has 0 amide bonds. The number of unbranched alkanes of at least 4 members (excludes halogenated alkanes) is 1. The topological polar surface area (TPSA) is 133 Å². The Morgan fingerprint density at radius 1 is 1.05 bits per heavy atom. The molecule has 1 aliphatic rings. The van der Waals surface area contributed by atoms with Crippen LogP contribution in [0.3, 0.4) is 0 Å². The third kappa shape index (κ3) is 6.08. The van der Waals surface area contributed by atoms with E-state index in [2.05, 4.69) is 18.9 Å². The number of nitrogens with zero attached hydrogens (tertiary/aromatic N) is 1. The lowest BCUT2D eigenvalue weighted by Gasteiger charge is -2.21. The number of hydrogen-bond donors (Lipinski definition) is 3. The molecule has 1 unspecified atom stereocenters.